The molecule has 1 aromatic carbocycles. The Hall–Kier alpha value is -1.95. The van der Waals surface area contributed by atoms with E-state index in [-0.39, 0.29) is 11.7 Å². The number of benzene rings is 1. The summed E-state index contributed by atoms with van der Waals surface area (Å²) in [4.78, 5) is 19.5. The van der Waals surface area contributed by atoms with Crippen molar-refractivity contribution in [2.75, 3.05) is 44.8 Å². The van der Waals surface area contributed by atoms with Crippen molar-refractivity contribution in [2.24, 2.45) is 11.8 Å². The van der Waals surface area contributed by atoms with Gasteiger partial charge in [-0.3, -0.25) is 9.78 Å². The van der Waals surface area contributed by atoms with Gasteiger partial charge in [0.05, 0.1) is 5.02 Å². The molecule has 31 heavy (non-hydrogen) atoms. The van der Waals surface area contributed by atoms with Crippen LogP contribution < -0.4 is 10.2 Å². The number of hydrogen-bond acceptors (Lipinski definition) is 5. The molecule has 1 atom stereocenters. The quantitative estimate of drug-likeness (QED) is 0.691. The molecular formula is C25H32ClN3O2. The molecule has 0 unspecified atom stereocenters. The van der Waals surface area contributed by atoms with Gasteiger partial charge in [0.25, 0.3) is 0 Å². The number of carbonyl (C=O) groups excluding carboxylic acids is 1. The van der Waals surface area contributed by atoms with Gasteiger partial charge >= 0.3 is 0 Å². The summed E-state index contributed by atoms with van der Waals surface area (Å²) in [6, 6.07) is 10.4. The van der Waals surface area contributed by atoms with E-state index in [4.69, 9.17) is 16.3 Å². The number of piperidine rings is 1. The molecule has 0 amide bonds. The number of aromatic nitrogens is 1. The van der Waals surface area contributed by atoms with Crippen LogP contribution in [0.25, 0.3) is 11.1 Å². The van der Waals surface area contributed by atoms with Gasteiger partial charge in [0, 0.05) is 68.8 Å². The van der Waals surface area contributed by atoms with E-state index in [2.05, 4.69) is 46.5 Å². The van der Waals surface area contributed by atoms with Crippen LogP contribution in [0.15, 0.2) is 36.5 Å². The molecule has 2 aliphatic rings. The first kappa shape index (κ1) is 22.3. The Kier molecular flexibility index (Phi) is 7.59. The van der Waals surface area contributed by atoms with Gasteiger partial charge in [-0.1, -0.05) is 23.7 Å². The number of anilines is 1. The number of nitrogens with one attached hydrogen (secondary N) is 1. The monoisotopic (exact) mass is 441 g/mol. The number of nitrogens with zero attached hydrogens (tertiary/aromatic N) is 2. The molecule has 0 aliphatic carbocycles. The lowest BCUT2D eigenvalue weighted by Gasteiger charge is -2.28. The number of ketones is 1. The molecule has 0 saturated carbocycles. The van der Waals surface area contributed by atoms with Crippen LogP contribution in [-0.4, -0.2) is 50.7 Å². The first-order chi connectivity index (χ1) is 15.1. The standard InChI is InChI=1S/C25H32ClN3O2/c1-29(17-18-7-10-31-11-8-18)22-6-2-4-19(12-22)23-13-21(28-16-24(23)26)14-25(30)20-5-3-9-27-15-20/h2,4,6,12-13,16,18,20,27H,3,5,7-11,14-15,17H2,1H3/t20-/m1/s1. The van der Waals surface area contributed by atoms with Crippen LogP contribution in [0.1, 0.15) is 31.4 Å². The molecule has 2 aliphatic heterocycles. The summed E-state index contributed by atoms with van der Waals surface area (Å²) in [6.45, 7) is 4.53. The Morgan fingerprint density at radius 1 is 1.26 bits per heavy atom. The molecule has 2 fully saturated rings. The van der Waals surface area contributed by atoms with Crippen LogP contribution in [0.2, 0.25) is 5.02 Å². The second-order valence-electron chi connectivity index (χ2n) is 8.83. The first-order valence-corrected chi connectivity index (χ1v) is 11.7. The van der Waals surface area contributed by atoms with Gasteiger partial charge in [-0.25, -0.2) is 0 Å². The predicted molar refractivity (Wildman–Crippen MR) is 126 cm³/mol. The zero-order valence-corrected chi connectivity index (χ0v) is 19.0. The maximum atomic E-state index is 12.7. The molecule has 1 N–H and O–H groups in total. The summed E-state index contributed by atoms with van der Waals surface area (Å²) in [5.74, 6) is 1.02. The van der Waals surface area contributed by atoms with Gasteiger partial charge in [0.1, 0.15) is 5.78 Å². The fraction of sp³-hybridized carbons (Fsp3) is 0.520. The minimum atomic E-state index is 0.0943. The van der Waals surface area contributed by atoms with Crippen LogP contribution in [-0.2, 0) is 16.0 Å². The zero-order chi connectivity index (χ0) is 21.6. The molecule has 6 heteroatoms. The van der Waals surface area contributed by atoms with Gasteiger partial charge in [0.15, 0.2) is 0 Å². The van der Waals surface area contributed by atoms with Gasteiger partial charge in [0.2, 0.25) is 0 Å². The van der Waals surface area contributed by atoms with Crippen molar-refractivity contribution in [3.63, 3.8) is 0 Å². The van der Waals surface area contributed by atoms with E-state index in [0.29, 0.717) is 17.4 Å². The number of ether oxygens (including phenoxy) is 1. The highest BCUT2D eigenvalue weighted by molar-refractivity contribution is 6.33. The molecule has 166 valence electrons. The molecule has 4 rings (SSSR count). The number of carbonyl (C=O) groups is 1. The average Bonchev–Trinajstić information content (AvgIpc) is 2.81. The summed E-state index contributed by atoms with van der Waals surface area (Å²) < 4.78 is 5.49. The smallest absolute Gasteiger partial charge is 0.143 e. The molecule has 5 nitrogen and oxygen atoms in total. The number of hydrogen-bond donors (Lipinski definition) is 1. The second kappa shape index (κ2) is 10.6. The molecular weight excluding hydrogens is 410 g/mol. The average molecular weight is 442 g/mol. The van der Waals surface area contributed by atoms with Crippen LogP contribution in [0.4, 0.5) is 5.69 Å². The van der Waals surface area contributed by atoms with Gasteiger partial charge < -0.3 is 15.0 Å². The van der Waals surface area contributed by atoms with E-state index >= 15 is 0 Å². The molecule has 1 aromatic heterocycles. The third-order valence-electron chi connectivity index (χ3n) is 6.49. The number of rotatable bonds is 7. The van der Waals surface area contributed by atoms with Gasteiger partial charge in [-0.2, -0.15) is 0 Å². The molecule has 2 saturated heterocycles. The Morgan fingerprint density at radius 3 is 2.87 bits per heavy atom. The summed E-state index contributed by atoms with van der Waals surface area (Å²) in [5.41, 5.74) is 3.94. The van der Waals surface area contributed by atoms with E-state index in [9.17, 15) is 4.79 Å². The third kappa shape index (κ3) is 5.85. The second-order valence-corrected chi connectivity index (χ2v) is 9.24. The van der Waals surface area contributed by atoms with E-state index in [0.717, 1.165) is 75.4 Å². The fourth-order valence-corrected chi connectivity index (χ4v) is 4.79. The van der Waals surface area contributed by atoms with Crippen molar-refractivity contribution in [3.05, 3.63) is 47.2 Å². The largest absolute Gasteiger partial charge is 0.381 e. The third-order valence-corrected chi connectivity index (χ3v) is 6.79. The fourth-order valence-electron chi connectivity index (χ4n) is 4.58. The van der Waals surface area contributed by atoms with Crippen molar-refractivity contribution >= 4 is 23.1 Å². The molecule has 0 spiro atoms. The van der Waals surface area contributed by atoms with Crippen molar-refractivity contribution in [1.29, 1.82) is 0 Å². The number of pyridine rings is 1. The maximum absolute atomic E-state index is 12.7. The Morgan fingerprint density at radius 2 is 2.10 bits per heavy atom. The van der Waals surface area contributed by atoms with E-state index < -0.39 is 0 Å². The molecule has 0 radical (unpaired) electrons. The summed E-state index contributed by atoms with van der Waals surface area (Å²) in [6.07, 6.45) is 6.30. The van der Waals surface area contributed by atoms with E-state index in [1.807, 2.05) is 6.07 Å². The predicted octanol–water partition coefficient (Wildman–Crippen LogP) is 4.38. The molecule has 2 aromatic rings. The molecule has 0 bridgehead atoms. The summed E-state index contributed by atoms with van der Waals surface area (Å²) in [7, 11) is 2.14. The topological polar surface area (TPSA) is 54.5 Å². The van der Waals surface area contributed by atoms with E-state index in [1.54, 1.807) is 6.20 Å². The number of Topliss-reactive ketones (excluding diaryl/α,β-unsaturated/α-hetero) is 1. The Labute approximate surface area is 190 Å². The summed E-state index contributed by atoms with van der Waals surface area (Å²) >= 11 is 6.52. The highest BCUT2D eigenvalue weighted by atomic mass is 35.5. The van der Waals surface area contributed by atoms with Crippen molar-refractivity contribution in [1.82, 2.24) is 10.3 Å². The highest BCUT2D eigenvalue weighted by Gasteiger charge is 2.22. The maximum Gasteiger partial charge on any atom is 0.143 e. The Balaban J connectivity index is 1.48. The van der Waals surface area contributed by atoms with E-state index in [1.165, 1.54) is 5.69 Å². The lowest BCUT2D eigenvalue weighted by Crippen LogP contribution is -2.35. The minimum absolute atomic E-state index is 0.0943. The van der Waals surface area contributed by atoms with Crippen molar-refractivity contribution in [3.8, 4) is 11.1 Å². The van der Waals surface area contributed by atoms with Crippen LogP contribution in [0.5, 0.6) is 0 Å². The van der Waals surface area contributed by atoms with Crippen LogP contribution >= 0.6 is 11.6 Å². The number of halogens is 1. The molecule has 3 heterocycles. The normalized spacial score (nSPS) is 19.9. The van der Waals surface area contributed by atoms with Gasteiger partial charge in [-0.05, 0) is 61.9 Å². The Bertz CT molecular complexity index is 892. The van der Waals surface area contributed by atoms with Crippen LogP contribution in [0, 0.1) is 11.8 Å². The lowest BCUT2D eigenvalue weighted by atomic mass is 9.92. The zero-order valence-electron chi connectivity index (χ0n) is 18.3. The van der Waals surface area contributed by atoms with Gasteiger partial charge in [-0.15, -0.1) is 0 Å². The van der Waals surface area contributed by atoms with Crippen molar-refractivity contribution < 1.29 is 9.53 Å². The SMILES string of the molecule is CN(CC1CCOCC1)c1cccc(-c2cc(CC(=O)[C@@H]3CCCNC3)ncc2Cl)c1. The minimum Gasteiger partial charge on any atom is -0.381 e. The summed E-state index contributed by atoms with van der Waals surface area (Å²) in [5, 5.41) is 3.93. The van der Waals surface area contributed by atoms with Crippen molar-refractivity contribution in [2.45, 2.75) is 32.1 Å². The first-order valence-electron chi connectivity index (χ1n) is 11.4. The highest BCUT2D eigenvalue weighted by Crippen LogP contribution is 2.31. The van der Waals surface area contributed by atoms with Crippen LogP contribution in [0.3, 0.4) is 0 Å². The lowest BCUT2D eigenvalue weighted by molar-refractivity contribution is -0.122.